The number of nitrogen functional groups attached to an aromatic ring is 1. The summed E-state index contributed by atoms with van der Waals surface area (Å²) in [6, 6.07) is 3.34. The highest BCUT2D eigenvalue weighted by Crippen LogP contribution is 2.28. The Morgan fingerprint density at radius 1 is 1.42 bits per heavy atom. The fourth-order valence-electron chi connectivity index (χ4n) is 2.44. The van der Waals surface area contributed by atoms with Gasteiger partial charge in [-0.15, -0.1) is 12.4 Å². The van der Waals surface area contributed by atoms with Crippen molar-refractivity contribution in [2.45, 2.75) is 37.8 Å². The number of hydrogen-bond acceptors (Lipinski definition) is 3. The highest BCUT2D eigenvalue weighted by atomic mass is 79.9. The van der Waals surface area contributed by atoms with Crippen molar-refractivity contribution >= 4 is 34.0 Å². The van der Waals surface area contributed by atoms with E-state index in [1.54, 1.807) is 6.07 Å². The second-order valence-electron chi connectivity index (χ2n) is 4.78. The van der Waals surface area contributed by atoms with E-state index in [9.17, 15) is 9.50 Å². The lowest BCUT2D eigenvalue weighted by atomic mass is 10.1. The van der Waals surface area contributed by atoms with Crippen LogP contribution in [0.2, 0.25) is 0 Å². The van der Waals surface area contributed by atoms with Gasteiger partial charge in [-0.3, -0.25) is 0 Å². The van der Waals surface area contributed by atoms with Crippen LogP contribution in [0.1, 0.15) is 37.3 Å². The monoisotopic (exact) mass is 352 g/mol. The van der Waals surface area contributed by atoms with Gasteiger partial charge in [0.15, 0.2) is 0 Å². The zero-order valence-corrected chi connectivity index (χ0v) is 12.9. The molecular formula is C13H19BrClFN2O. The average molecular weight is 354 g/mol. The fraction of sp³-hybridized carbons (Fsp3) is 0.538. The topological polar surface area (TPSA) is 58.3 Å². The molecule has 0 aromatic heterocycles. The molecule has 0 aliphatic heterocycles. The summed E-state index contributed by atoms with van der Waals surface area (Å²) in [5, 5.41) is 12.8. The first-order valence-corrected chi connectivity index (χ1v) is 7.02. The summed E-state index contributed by atoms with van der Waals surface area (Å²) in [4.78, 5) is 0. The van der Waals surface area contributed by atoms with Crippen LogP contribution < -0.4 is 11.1 Å². The van der Waals surface area contributed by atoms with E-state index < -0.39 is 5.82 Å². The summed E-state index contributed by atoms with van der Waals surface area (Å²) in [5.74, 6) is -0.453. The highest BCUT2D eigenvalue weighted by Gasteiger charge is 2.21. The summed E-state index contributed by atoms with van der Waals surface area (Å²) < 4.78 is 14.1. The Hall–Kier alpha value is -0.360. The standard InChI is InChI=1S/C13H18BrFN2O.ClH/c14-10-5-8(6-11(15)13(10)16)12(7-18)17-9-3-1-2-4-9;/h5-6,9,12,17-18H,1-4,7,16H2;1H. The molecule has 2 rings (SSSR count). The summed E-state index contributed by atoms with van der Waals surface area (Å²) >= 11 is 3.23. The number of halogens is 3. The Morgan fingerprint density at radius 2 is 2.05 bits per heavy atom. The molecule has 0 heterocycles. The van der Waals surface area contributed by atoms with Crippen LogP contribution in [0.15, 0.2) is 16.6 Å². The number of aliphatic hydroxyl groups is 1. The normalized spacial score (nSPS) is 17.2. The molecule has 3 nitrogen and oxygen atoms in total. The van der Waals surface area contributed by atoms with Gasteiger partial charge in [0.1, 0.15) is 5.82 Å². The predicted molar refractivity (Wildman–Crippen MR) is 81.0 cm³/mol. The Balaban J connectivity index is 0.00000180. The van der Waals surface area contributed by atoms with E-state index in [0.717, 1.165) is 18.4 Å². The Bertz CT molecular complexity index is 404. The maximum absolute atomic E-state index is 13.6. The highest BCUT2D eigenvalue weighted by molar-refractivity contribution is 9.10. The SMILES string of the molecule is Cl.Nc1c(F)cc(C(CO)NC2CCCC2)cc1Br. The fourth-order valence-corrected chi connectivity index (χ4v) is 2.89. The average Bonchev–Trinajstić information content (AvgIpc) is 2.85. The van der Waals surface area contributed by atoms with E-state index in [1.807, 2.05) is 0 Å². The summed E-state index contributed by atoms with van der Waals surface area (Å²) in [6.07, 6.45) is 4.68. The molecule has 1 aliphatic rings. The van der Waals surface area contributed by atoms with Gasteiger partial charge in [0.2, 0.25) is 0 Å². The molecule has 1 aromatic rings. The Kier molecular flexibility index (Phi) is 6.53. The molecule has 1 aliphatic carbocycles. The van der Waals surface area contributed by atoms with Gasteiger partial charge < -0.3 is 16.2 Å². The van der Waals surface area contributed by atoms with Crippen molar-refractivity contribution in [1.29, 1.82) is 0 Å². The molecular weight excluding hydrogens is 335 g/mol. The molecule has 108 valence electrons. The van der Waals surface area contributed by atoms with E-state index in [4.69, 9.17) is 5.73 Å². The quantitative estimate of drug-likeness (QED) is 0.729. The lowest BCUT2D eigenvalue weighted by Gasteiger charge is -2.22. The second-order valence-corrected chi connectivity index (χ2v) is 5.64. The lowest BCUT2D eigenvalue weighted by Crippen LogP contribution is -2.32. The Labute approximate surface area is 127 Å². The van der Waals surface area contributed by atoms with Gasteiger partial charge in [-0.25, -0.2) is 4.39 Å². The van der Waals surface area contributed by atoms with Crippen LogP contribution in [-0.2, 0) is 0 Å². The molecule has 0 saturated heterocycles. The van der Waals surface area contributed by atoms with Crippen LogP contribution in [0.4, 0.5) is 10.1 Å². The molecule has 1 unspecified atom stereocenters. The summed E-state index contributed by atoms with van der Waals surface area (Å²) in [7, 11) is 0. The minimum atomic E-state index is -0.453. The number of aliphatic hydroxyl groups excluding tert-OH is 1. The van der Waals surface area contributed by atoms with Crippen molar-refractivity contribution in [3.8, 4) is 0 Å². The van der Waals surface area contributed by atoms with Gasteiger partial charge >= 0.3 is 0 Å². The van der Waals surface area contributed by atoms with Crippen LogP contribution in [0.25, 0.3) is 0 Å². The minimum absolute atomic E-state index is 0. The zero-order chi connectivity index (χ0) is 13.1. The van der Waals surface area contributed by atoms with Crippen LogP contribution in [0.3, 0.4) is 0 Å². The molecule has 19 heavy (non-hydrogen) atoms. The van der Waals surface area contributed by atoms with E-state index >= 15 is 0 Å². The number of benzene rings is 1. The van der Waals surface area contributed by atoms with Crippen molar-refractivity contribution in [1.82, 2.24) is 5.32 Å². The zero-order valence-electron chi connectivity index (χ0n) is 10.5. The smallest absolute Gasteiger partial charge is 0.147 e. The number of nitrogens with one attached hydrogen (secondary N) is 1. The van der Waals surface area contributed by atoms with Crippen LogP contribution in [0, 0.1) is 5.82 Å². The third-order valence-electron chi connectivity index (χ3n) is 3.48. The van der Waals surface area contributed by atoms with E-state index in [2.05, 4.69) is 21.2 Å². The van der Waals surface area contributed by atoms with Crippen molar-refractivity contribution in [2.75, 3.05) is 12.3 Å². The molecule has 0 radical (unpaired) electrons. The van der Waals surface area contributed by atoms with Crippen molar-refractivity contribution < 1.29 is 9.50 Å². The van der Waals surface area contributed by atoms with E-state index in [1.165, 1.54) is 18.9 Å². The molecule has 0 spiro atoms. The van der Waals surface area contributed by atoms with Gasteiger partial charge in [-0.1, -0.05) is 12.8 Å². The van der Waals surface area contributed by atoms with Gasteiger partial charge in [0, 0.05) is 10.5 Å². The second kappa shape index (κ2) is 7.43. The van der Waals surface area contributed by atoms with Gasteiger partial charge in [-0.05, 0) is 46.5 Å². The van der Waals surface area contributed by atoms with E-state index in [0.29, 0.717) is 10.5 Å². The van der Waals surface area contributed by atoms with Crippen molar-refractivity contribution in [3.63, 3.8) is 0 Å². The number of nitrogens with two attached hydrogens (primary N) is 1. The number of anilines is 1. The third-order valence-corrected chi connectivity index (χ3v) is 4.13. The maximum Gasteiger partial charge on any atom is 0.147 e. The van der Waals surface area contributed by atoms with Crippen LogP contribution >= 0.6 is 28.3 Å². The molecule has 4 N–H and O–H groups in total. The van der Waals surface area contributed by atoms with Gasteiger partial charge in [0.05, 0.1) is 18.3 Å². The molecule has 6 heteroatoms. The molecule has 0 bridgehead atoms. The largest absolute Gasteiger partial charge is 0.395 e. The van der Waals surface area contributed by atoms with Crippen LogP contribution in [-0.4, -0.2) is 17.8 Å². The number of hydrogen-bond donors (Lipinski definition) is 3. The first kappa shape index (κ1) is 16.7. The molecule has 1 aromatic carbocycles. The third kappa shape index (κ3) is 4.05. The Morgan fingerprint density at radius 3 is 2.58 bits per heavy atom. The molecule has 1 saturated carbocycles. The summed E-state index contributed by atoms with van der Waals surface area (Å²) in [5.41, 5.74) is 6.38. The van der Waals surface area contributed by atoms with Crippen molar-refractivity contribution in [3.05, 3.63) is 28.0 Å². The van der Waals surface area contributed by atoms with Crippen LogP contribution in [0.5, 0.6) is 0 Å². The first-order chi connectivity index (χ1) is 8.61. The maximum atomic E-state index is 13.6. The lowest BCUT2D eigenvalue weighted by molar-refractivity contribution is 0.232. The van der Waals surface area contributed by atoms with E-state index in [-0.39, 0.29) is 30.7 Å². The first-order valence-electron chi connectivity index (χ1n) is 6.23. The number of rotatable bonds is 4. The molecule has 1 atom stereocenters. The summed E-state index contributed by atoms with van der Waals surface area (Å²) in [6.45, 7) is -0.0493. The predicted octanol–water partition coefficient (Wildman–Crippen LogP) is 3.16. The molecule has 0 amide bonds. The van der Waals surface area contributed by atoms with Crippen molar-refractivity contribution in [2.24, 2.45) is 0 Å². The van der Waals surface area contributed by atoms with Gasteiger partial charge in [0.25, 0.3) is 0 Å². The molecule has 1 fully saturated rings. The minimum Gasteiger partial charge on any atom is -0.395 e. The van der Waals surface area contributed by atoms with Gasteiger partial charge in [-0.2, -0.15) is 0 Å².